The second kappa shape index (κ2) is 25.8. The fourth-order valence-electron chi connectivity index (χ4n) is 13.9. The first kappa shape index (κ1) is 58.3. The Morgan fingerprint density at radius 1 is 0.311 bits per heavy atom. The van der Waals surface area contributed by atoms with Crippen LogP contribution >= 0.6 is 0 Å². The molecule has 392 valence electrons. The van der Waals surface area contributed by atoms with E-state index in [1.165, 1.54) is 93.0 Å². The third-order valence-electron chi connectivity index (χ3n) is 17.6. The van der Waals surface area contributed by atoms with Gasteiger partial charge in [0.1, 0.15) is 0 Å². The summed E-state index contributed by atoms with van der Waals surface area (Å²) in [5, 5.41) is 0. The molecule has 0 unspecified atom stereocenters. The summed E-state index contributed by atoms with van der Waals surface area (Å²) in [5.41, 5.74) is 25.0. The van der Waals surface area contributed by atoms with Gasteiger partial charge in [0, 0.05) is 0 Å². The van der Waals surface area contributed by atoms with Crippen LogP contribution in [0, 0.1) is 0 Å². The van der Waals surface area contributed by atoms with Crippen molar-refractivity contribution in [1.82, 2.24) is 0 Å². The first-order chi connectivity index (χ1) is 35.3. The van der Waals surface area contributed by atoms with Crippen molar-refractivity contribution in [1.29, 1.82) is 0 Å². The standard InChI is InChI=1S/2C30H37.2C6H12.2Ga/c2*1-19(2)25-14-10-15-26(20(3)4)29(25)23-12-9-13-24(18-23)30-27(21(5)6)16-11-17-28(30)22(7)8;2*1-3-5-6-4-2;;/h2*9-17,19-22H,1-8H3;2*3H,1,4-6H2,2H3;;. The van der Waals surface area contributed by atoms with Gasteiger partial charge in [0.2, 0.25) is 0 Å². The molecule has 1 aliphatic heterocycles. The summed E-state index contributed by atoms with van der Waals surface area (Å²) in [6.45, 7) is 44.1. The summed E-state index contributed by atoms with van der Waals surface area (Å²) >= 11 is -5.06. The van der Waals surface area contributed by atoms with E-state index in [1.54, 1.807) is 44.5 Å². The molecule has 1 aliphatic rings. The molecular formula is C72H98Ga2. The van der Waals surface area contributed by atoms with Gasteiger partial charge in [-0.2, -0.15) is 0 Å². The normalized spacial score (nSPS) is 15.5. The molecule has 0 N–H and O–H groups in total. The van der Waals surface area contributed by atoms with Crippen LogP contribution in [-0.4, -0.2) is 32.4 Å². The Morgan fingerprint density at radius 2 is 0.500 bits per heavy atom. The third-order valence-corrected chi connectivity index (χ3v) is 40.1. The van der Waals surface area contributed by atoms with E-state index >= 15 is 0 Å². The van der Waals surface area contributed by atoms with E-state index in [0.29, 0.717) is 47.3 Å². The first-order valence-electron chi connectivity index (χ1n) is 30.1. The molecule has 7 rings (SSSR count). The van der Waals surface area contributed by atoms with Gasteiger partial charge < -0.3 is 0 Å². The topological polar surface area (TPSA) is 0 Å². The van der Waals surface area contributed by atoms with E-state index in [-0.39, 0.29) is 0 Å². The maximum absolute atomic E-state index is 2.63. The number of hydrogen-bond acceptors (Lipinski definition) is 0. The van der Waals surface area contributed by atoms with Crippen LogP contribution in [0.1, 0.15) is 255 Å². The van der Waals surface area contributed by atoms with Crippen molar-refractivity contribution in [2.24, 2.45) is 0 Å². The minimum atomic E-state index is -2.53. The zero-order chi connectivity index (χ0) is 53.7. The number of rotatable bonds is 20. The summed E-state index contributed by atoms with van der Waals surface area (Å²) in [6.07, 6.45) is 7.93. The third kappa shape index (κ3) is 12.2. The van der Waals surface area contributed by atoms with Gasteiger partial charge in [0.15, 0.2) is 0 Å². The van der Waals surface area contributed by atoms with Crippen LogP contribution in [0.25, 0.3) is 44.5 Å². The molecule has 2 atom stereocenters. The van der Waals surface area contributed by atoms with Gasteiger partial charge in [-0.15, -0.1) is 0 Å². The van der Waals surface area contributed by atoms with Crippen molar-refractivity contribution in [2.45, 2.75) is 229 Å². The molecule has 1 fully saturated rings. The van der Waals surface area contributed by atoms with Crippen LogP contribution in [0.4, 0.5) is 0 Å². The van der Waals surface area contributed by atoms with Gasteiger partial charge in [-0.3, -0.25) is 0 Å². The van der Waals surface area contributed by atoms with Crippen molar-refractivity contribution in [3.63, 3.8) is 0 Å². The van der Waals surface area contributed by atoms with Crippen molar-refractivity contribution < 1.29 is 0 Å². The van der Waals surface area contributed by atoms with Gasteiger partial charge in [-0.25, -0.2) is 0 Å². The van der Waals surface area contributed by atoms with Crippen LogP contribution in [0.5, 0.6) is 0 Å². The van der Waals surface area contributed by atoms with Gasteiger partial charge in [-0.1, -0.05) is 0 Å². The van der Waals surface area contributed by atoms with Gasteiger partial charge in [0.05, 0.1) is 0 Å². The molecule has 0 nitrogen and oxygen atoms in total. The fraction of sp³-hybridized carbons (Fsp3) is 0.500. The zero-order valence-electron chi connectivity index (χ0n) is 50.0. The molecule has 6 aromatic carbocycles. The SMILES string of the molecule is CCCC[C@@H]1[CH2][Ga]([c]2c(-c3c(C(C)C)cccc3C(C)C)cccc2-c2c(C(C)C)cccc2C(C)C)[C@H](CCCC)[CH2][Ga]1[c]1c(-c2c(C(C)C)cccc2C(C)C)cccc1-c1c(C(C)C)cccc1C(C)C. The Balaban J connectivity index is 1.64. The summed E-state index contributed by atoms with van der Waals surface area (Å²) in [4.78, 5) is 2.94. The van der Waals surface area contributed by atoms with Crippen LogP contribution in [0.15, 0.2) is 109 Å². The van der Waals surface area contributed by atoms with E-state index in [4.69, 9.17) is 0 Å². The maximum atomic E-state index is 2.63. The molecule has 6 aromatic rings. The van der Waals surface area contributed by atoms with Crippen molar-refractivity contribution in [3.05, 3.63) is 154 Å². The van der Waals surface area contributed by atoms with E-state index in [9.17, 15) is 0 Å². The Morgan fingerprint density at radius 3 is 0.676 bits per heavy atom. The van der Waals surface area contributed by atoms with Crippen LogP contribution in [0.3, 0.4) is 0 Å². The van der Waals surface area contributed by atoms with Crippen LogP contribution in [0.2, 0.25) is 18.9 Å². The summed E-state index contributed by atoms with van der Waals surface area (Å²) in [5.74, 6) is 3.48. The second-order valence-corrected chi connectivity index (χ2v) is 39.0. The molecular weight excluding hydrogens is 1000 g/mol. The summed E-state index contributed by atoms with van der Waals surface area (Å²) in [7, 11) is 0. The number of benzene rings is 6. The second-order valence-electron chi connectivity index (χ2n) is 25.5. The minimum absolute atomic E-state index is 0.435. The Hall–Kier alpha value is -3.41. The van der Waals surface area contributed by atoms with E-state index < -0.39 is 32.4 Å². The molecule has 0 amide bonds. The molecule has 1 heterocycles. The van der Waals surface area contributed by atoms with Gasteiger partial charge in [-0.05, 0) is 0 Å². The monoisotopic (exact) mass is 1100 g/mol. The molecule has 1 saturated heterocycles. The quantitative estimate of drug-likeness (QED) is 0.0669. The Kier molecular flexibility index (Phi) is 20.3. The van der Waals surface area contributed by atoms with Gasteiger partial charge in [0.25, 0.3) is 0 Å². The molecule has 2 heteroatoms. The summed E-state index contributed by atoms with van der Waals surface area (Å²) in [6, 6.07) is 44.9. The molecule has 0 saturated carbocycles. The summed E-state index contributed by atoms with van der Waals surface area (Å²) < 4.78 is 5.29. The Labute approximate surface area is 464 Å². The van der Waals surface area contributed by atoms with Crippen molar-refractivity contribution in [3.8, 4) is 44.5 Å². The van der Waals surface area contributed by atoms with Crippen molar-refractivity contribution >= 4 is 40.7 Å². The average Bonchev–Trinajstić information content (AvgIpc) is 3.37. The number of unbranched alkanes of at least 4 members (excludes halogenated alkanes) is 2. The van der Waals surface area contributed by atoms with Crippen LogP contribution in [-0.2, 0) is 0 Å². The van der Waals surface area contributed by atoms with Gasteiger partial charge >= 0.3 is 468 Å². The van der Waals surface area contributed by atoms with E-state index in [2.05, 4.69) is 234 Å². The molecule has 74 heavy (non-hydrogen) atoms. The predicted molar refractivity (Wildman–Crippen MR) is 334 cm³/mol. The predicted octanol–water partition coefficient (Wildman–Crippen LogP) is 21.6. The van der Waals surface area contributed by atoms with Crippen molar-refractivity contribution in [2.75, 3.05) is 0 Å². The zero-order valence-corrected chi connectivity index (χ0v) is 54.8. The van der Waals surface area contributed by atoms with E-state index in [0.717, 1.165) is 8.94 Å². The molecule has 0 bridgehead atoms. The van der Waals surface area contributed by atoms with Crippen LogP contribution < -0.4 is 8.24 Å². The Bertz CT molecular complexity index is 2350. The molecule has 0 aromatic heterocycles. The number of hydrogen-bond donors (Lipinski definition) is 0. The molecule has 0 spiro atoms. The fourth-order valence-corrected chi connectivity index (χ4v) is 45.2. The molecule has 0 radical (unpaired) electrons. The first-order valence-corrected chi connectivity index (χ1v) is 38.8. The molecule has 0 aliphatic carbocycles. The van der Waals surface area contributed by atoms with E-state index in [1.807, 2.05) is 8.24 Å². The average molecular weight is 1100 g/mol.